The first-order valence-corrected chi connectivity index (χ1v) is 5.63. The smallest absolute Gasteiger partial charge is 0.0667 e. The van der Waals surface area contributed by atoms with Crippen LogP contribution in [0.5, 0.6) is 0 Å². The molecule has 0 aromatic rings. The van der Waals surface area contributed by atoms with Crippen molar-refractivity contribution in [2.75, 3.05) is 26.2 Å². The molecule has 1 aliphatic rings. The molecular weight excluding hydrogens is 176 g/mol. The van der Waals surface area contributed by atoms with Gasteiger partial charge in [-0.2, -0.15) is 0 Å². The zero-order valence-corrected chi connectivity index (χ0v) is 9.71. The molecular formula is C11H24N2O. The molecule has 1 unspecified atom stereocenters. The monoisotopic (exact) mass is 200 g/mol. The van der Waals surface area contributed by atoms with Gasteiger partial charge in [-0.25, -0.2) is 0 Å². The lowest BCUT2D eigenvalue weighted by Gasteiger charge is -2.31. The molecule has 0 bridgehead atoms. The molecule has 84 valence electrons. The molecule has 0 aromatic heterocycles. The molecule has 0 saturated carbocycles. The van der Waals surface area contributed by atoms with Crippen molar-refractivity contribution in [3.63, 3.8) is 0 Å². The zero-order valence-electron chi connectivity index (χ0n) is 9.71. The summed E-state index contributed by atoms with van der Waals surface area (Å²) in [5, 5.41) is 12.9. The maximum Gasteiger partial charge on any atom is 0.0667 e. The summed E-state index contributed by atoms with van der Waals surface area (Å²) in [6.07, 6.45) is 2.01. The van der Waals surface area contributed by atoms with Crippen LogP contribution < -0.4 is 5.32 Å². The summed E-state index contributed by atoms with van der Waals surface area (Å²) in [5.41, 5.74) is 0.203. The molecule has 0 aliphatic carbocycles. The summed E-state index contributed by atoms with van der Waals surface area (Å²) in [6.45, 7) is 10.6. The topological polar surface area (TPSA) is 35.5 Å². The molecule has 1 fully saturated rings. The Bertz CT molecular complexity index is 165. The van der Waals surface area contributed by atoms with E-state index < -0.39 is 0 Å². The number of hydrogen-bond acceptors (Lipinski definition) is 3. The summed E-state index contributed by atoms with van der Waals surface area (Å²) in [7, 11) is 0. The molecule has 1 aliphatic heterocycles. The fourth-order valence-corrected chi connectivity index (χ4v) is 1.82. The van der Waals surface area contributed by atoms with E-state index in [4.69, 9.17) is 0 Å². The van der Waals surface area contributed by atoms with Crippen molar-refractivity contribution >= 4 is 0 Å². The van der Waals surface area contributed by atoms with Gasteiger partial charge < -0.3 is 10.4 Å². The highest BCUT2D eigenvalue weighted by molar-refractivity contribution is 4.75. The number of piperidine rings is 1. The van der Waals surface area contributed by atoms with Crippen LogP contribution >= 0.6 is 0 Å². The predicted molar refractivity (Wildman–Crippen MR) is 59.4 cm³/mol. The van der Waals surface area contributed by atoms with Crippen LogP contribution in [0.3, 0.4) is 0 Å². The van der Waals surface area contributed by atoms with Crippen LogP contribution in [0.15, 0.2) is 0 Å². The Hall–Kier alpha value is -0.120. The number of likely N-dealkylation sites (tertiary alicyclic amines) is 1. The van der Waals surface area contributed by atoms with Gasteiger partial charge in [-0.3, -0.25) is 4.90 Å². The second-order valence-electron chi connectivity index (χ2n) is 5.27. The molecule has 1 heterocycles. The first-order valence-electron chi connectivity index (χ1n) is 5.63. The minimum atomic E-state index is -0.0987. The van der Waals surface area contributed by atoms with Gasteiger partial charge in [-0.05, 0) is 40.2 Å². The number of β-amino-alcohol motifs (C(OH)–C–C–N with tert-alkyl or cyclic N) is 1. The van der Waals surface area contributed by atoms with Crippen LogP contribution in [0.1, 0.15) is 33.6 Å². The van der Waals surface area contributed by atoms with E-state index in [0.717, 1.165) is 39.0 Å². The van der Waals surface area contributed by atoms with E-state index in [1.807, 2.05) is 0 Å². The van der Waals surface area contributed by atoms with E-state index in [1.165, 1.54) is 0 Å². The molecule has 3 heteroatoms. The largest absolute Gasteiger partial charge is 0.392 e. The summed E-state index contributed by atoms with van der Waals surface area (Å²) in [4.78, 5) is 2.34. The molecule has 3 nitrogen and oxygen atoms in total. The van der Waals surface area contributed by atoms with Gasteiger partial charge >= 0.3 is 0 Å². The molecule has 1 saturated heterocycles. The van der Waals surface area contributed by atoms with E-state index in [0.29, 0.717) is 0 Å². The summed E-state index contributed by atoms with van der Waals surface area (Å²) in [6, 6.07) is 0. The summed E-state index contributed by atoms with van der Waals surface area (Å²) < 4.78 is 0. The number of rotatable bonds is 3. The Balaban J connectivity index is 2.12. The van der Waals surface area contributed by atoms with Gasteiger partial charge in [-0.15, -0.1) is 0 Å². The lowest BCUT2D eigenvalue weighted by Crippen LogP contribution is -2.45. The second kappa shape index (κ2) is 5.10. The third-order valence-electron chi connectivity index (χ3n) is 2.56. The minimum absolute atomic E-state index is 0.0987. The second-order valence-corrected chi connectivity index (χ2v) is 5.27. The van der Waals surface area contributed by atoms with Gasteiger partial charge in [0.1, 0.15) is 0 Å². The predicted octanol–water partition coefficient (Wildman–Crippen LogP) is 0.831. The van der Waals surface area contributed by atoms with E-state index in [-0.39, 0.29) is 11.6 Å². The highest BCUT2D eigenvalue weighted by Gasteiger charge is 2.17. The van der Waals surface area contributed by atoms with E-state index >= 15 is 0 Å². The zero-order chi connectivity index (χ0) is 10.6. The van der Waals surface area contributed by atoms with Crippen LogP contribution in [-0.2, 0) is 0 Å². The van der Waals surface area contributed by atoms with Crippen LogP contribution in [0.25, 0.3) is 0 Å². The third-order valence-corrected chi connectivity index (χ3v) is 2.56. The lowest BCUT2D eigenvalue weighted by atomic mass is 10.1. The quantitative estimate of drug-likeness (QED) is 0.708. The van der Waals surface area contributed by atoms with Gasteiger partial charge in [-0.1, -0.05) is 0 Å². The van der Waals surface area contributed by atoms with Gasteiger partial charge in [0, 0.05) is 25.2 Å². The Morgan fingerprint density at radius 2 is 2.14 bits per heavy atom. The van der Waals surface area contributed by atoms with Gasteiger partial charge in [0.05, 0.1) is 6.10 Å². The minimum Gasteiger partial charge on any atom is -0.392 e. The average molecular weight is 200 g/mol. The van der Waals surface area contributed by atoms with Crippen molar-refractivity contribution in [2.24, 2.45) is 0 Å². The molecule has 14 heavy (non-hydrogen) atoms. The Labute approximate surface area is 87.5 Å². The van der Waals surface area contributed by atoms with Crippen molar-refractivity contribution in [2.45, 2.75) is 45.3 Å². The van der Waals surface area contributed by atoms with Crippen LogP contribution in [-0.4, -0.2) is 47.8 Å². The highest BCUT2D eigenvalue weighted by atomic mass is 16.3. The first-order chi connectivity index (χ1) is 6.47. The van der Waals surface area contributed by atoms with Gasteiger partial charge in [0.25, 0.3) is 0 Å². The standard InChI is InChI=1S/C11H24N2O/c1-11(2,3)12-6-8-13-7-4-5-10(14)9-13/h10,12,14H,4-9H2,1-3H3. The normalized spacial score (nSPS) is 25.3. The highest BCUT2D eigenvalue weighted by Crippen LogP contribution is 2.08. The first kappa shape index (κ1) is 12.0. The molecule has 0 spiro atoms. The molecule has 1 rings (SSSR count). The van der Waals surface area contributed by atoms with Crippen LogP contribution in [0.2, 0.25) is 0 Å². The Morgan fingerprint density at radius 1 is 1.43 bits per heavy atom. The fraction of sp³-hybridized carbons (Fsp3) is 1.00. The SMILES string of the molecule is CC(C)(C)NCCN1CCCC(O)C1. The van der Waals surface area contributed by atoms with E-state index in [2.05, 4.69) is 31.0 Å². The lowest BCUT2D eigenvalue weighted by molar-refractivity contribution is 0.0704. The van der Waals surface area contributed by atoms with Crippen LogP contribution in [0.4, 0.5) is 0 Å². The van der Waals surface area contributed by atoms with Crippen molar-refractivity contribution in [3.05, 3.63) is 0 Å². The molecule has 0 amide bonds. The van der Waals surface area contributed by atoms with Gasteiger partial charge in [0.15, 0.2) is 0 Å². The molecule has 2 N–H and O–H groups in total. The maximum atomic E-state index is 9.48. The number of aliphatic hydroxyl groups is 1. The van der Waals surface area contributed by atoms with Crippen molar-refractivity contribution < 1.29 is 5.11 Å². The van der Waals surface area contributed by atoms with E-state index in [1.54, 1.807) is 0 Å². The summed E-state index contributed by atoms with van der Waals surface area (Å²) in [5.74, 6) is 0. The van der Waals surface area contributed by atoms with Crippen molar-refractivity contribution in [3.8, 4) is 0 Å². The number of nitrogens with one attached hydrogen (secondary N) is 1. The number of hydrogen-bond donors (Lipinski definition) is 2. The third kappa shape index (κ3) is 4.94. The van der Waals surface area contributed by atoms with Gasteiger partial charge in [0.2, 0.25) is 0 Å². The molecule has 1 atom stereocenters. The maximum absolute atomic E-state index is 9.48. The Morgan fingerprint density at radius 3 is 2.71 bits per heavy atom. The van der Waals surface area contributed by atoms with Crippen LogP contribution in [0, 0.1) is 0 Å². The molecule has 0 aromatic carbocycles. The molecule has 0 radical (unpaired) electrons. The summed E-state index contributed by atoms with van der Waals surface area (Å²) >= 11 is 0. The van der Waals surface area contributed by atoms with E-state index in [9.17, 15) is 5.11 Å². The Kier molecular flexibility index (Phi) is 4.35. The van der Waals surface area contributed by atoms with Crippen molar-refractivity contribution in [1.82, 2.24) is 10.2 Å². The van der Waals surface area contributed by atoms with Crippen molar-refractivity contribution in [1.29, 1.82) is 0 Å². The fourth-order valence-electron chi connectivity index (χ4n) is 1.82. The number of nitrogens with zero attached hydrogens (tertiary/aromatic N) is 1. The number of aliphatic hydroxyl groups excluding tert-OH is 1. The average Bonchev–Trinajstić information content (AvgIpc) is 2.01.